The molecule has 0 spiro atoms. The Hall–Kier alpha value is -1.12. The number of oxazole rings is 1. The standard InChI is InChI=1S/C7H9NO2/c1-6(9)2-3-7-8-4-5-10-7/h4-5H,2-3H2,1H3. The average molecular weight is 139 g/mol. The van der Waals surface area contributed by atoms with Crippen molar-refractivity contribution in [2.45, 2.75) is 19.8 Å². The van der Waals surface area contributed by atoms with E-state index in [1.54, 1.807) is 13.1 Å². The van der Waals surface area contributed by atoms with Gasteiger partial charge in [0.15, 0.2) is 5.89 Å². The average Bonchev–Trinajstić information content (AvgIpc) is 2.34. The number of ketones is 1. The van der Waals surface area contributed by atoms with E-state index >= 15 is 0 Å². The van der Waals surface area contributed by atoms with Crippen molar-refractivity contribution in [2.75, 3.05) is 0 Å². The van der Waals surface area contributed by atoms with Crippen molar-refractivity contribution in [3.63, 3.8) is 0 Å². The second-order valence-electron chi connectivity index (χ2n) is 2.13. The van der Waals surface area contributed by atoms with Crippen molar-refractivity contribution in [3.8, 4) is 0 Å². The minimum atomic E-state index is 0.165. The van der Waals surface area contributed by atoms with Crippen LogP contribution < -0.4 is 0 Å². The molecule has 1 aromatic rings. The van der Waals surface area contributed by atoms with Gasteiger partial charge in [0.1, 0.15) is 12.0 Å². The van der Waals surface area contributed by atoms with Crippen molar-refractivity contribution < 1.29 is 9.21 Å². The predicted molar refractivity (Wildman–Crippen MR) is 35.5 cm³/mol. The fourth-order valence-corrected chi connectivity index (χ4v) is 0.659. The topological polar surface area (TPSA) is 43.1 Å². The Morgan fingerprint density at radius 1 is 1.80 bits per heavy atom. The number of Topliss-reactive ketones (excluding diaryl/α,β-unsaturated/α-hetero) is 1. The lowest BCUT2D eigenvalue weighted by Crippen LogP contribution is -1.93. The molecule has 1 aromatic heterocycles. The van der Waals surface area contributed by atoms with E-state index in [2.05, 4.69) is 4.98 Å². The SMILES string of the molecule is CC(=O)CCc1ncco1. The zero-order valence-corrected chi connectivity index (χ0v) is 5.83. The summed E-state index contributed by atoms with van der Waals surface area (Å²) in [6.07, 6.45) is 4.22. The van der Waals surface area contributed by atoms with E-state index in [-0.39, 0.29) is 5.78 Å². The van der Waals surface area contributed by atoms with Gasteiger partial charge in [-0.1, -0.05) is 0 Å². The van der Waals surface area contributed by atoms with E-state index in [0.717, 1.165) is 0 Å². The van der Waals surface area contributed by atoms with Crippen LogP contribution in [0.3, 0.4) is 0 Å². The molecule has 0 saturated carbocycles. The summed E-state index contributed by atoms with van der Waals surface area (Å²) in [7, 11) is 0. The minimum Gasteiger partial charge on any atom is -0.449 e. The van der Waals surface area contributed by atoms with Crippen molar-refractivity contribution in [3.05, 3.63) is 18.4 Å². The van der Waals surface area contributed by atoms with Crippen LogP contribution in [0.1, 0.15) is 19.2 Å². The largest absolute Gasteiger partial charge is 0.449 e. The van der Waals surface area contributed by atoms with Crippen LogP contribution in [0.2, 0.25) is 0 Å². The highest BCUT2D eigenvalue weighted by atomic mass is 16.3. The van der Waals surface area contributed by atoms with Crippen molar-refractivity contribution in [1.82, 2.24) is 4.98 Å². The first-order valence-electron chi connectivity index (χ1n) is 3.17. The summed E-state index contributed by atoms with van der Waals surface area (Å²) in [6, 6.07) is 0. The highest BCUT2D eigenvalue weighted by molar-refractivity contribution is 5.75. The van der Waals surface area contributed by atoms with Crippen LogP contribution in [0.25, 0.3) is 0 Å². The van der Waals surface area contributed by atoms with Gasteiger partial charge >= 0.3 is 0 Å². The molecule has 0 atom stereocenters. The fourth-order valence-electron chi connectivity index (χ4n) is 0.659. The highest BCUT2D eigenvalue weighted by Crippen LogP contribution is 1.98. The van der Waals surface area contributed by atoms with Gasteiger partial charge in [-0.25, -0.2) is 4.98 Å². The molecule has 0 amide bonds. The first-order valence-corrected chi connectivity index (χ1v) is 3.17. The molecule has 0 saturated heterocycles. The van der Waals surface area contributed by atoms with Gasteiger partial charge < -0.3 is 9.21 Å². The van der Waals surface area contributed by atoms with E-state index in [9.17, 15) is 4.79 Å². The predicted octanol–water partition coefficient (Wildman–Crippen LogP) is 1.20. The normalized spacial score (nSPS) is 9.70. The third kappa shape index (κ3) is 2.01. The molecule has 0 aliphatic heterocycles. The molecule has 0 fully saturated rings. The van der Waals surface area contributed by atoms with Gasteiger partial charge in [0.25, 0.3) is 0 Å². The molecule has 0 radical (unpaired) electrons. The molecule has 0 aliphatic carbocycles. The molecule has 0 aromatic carbocycles. The van der Waals surface area contributed by atoms with Crippen molar-refractivity contribution in [2.24, 2.45) is 0 Å². The maximum Gasteiger partial charge on any atom is 0.194 e. The first-order chi connectivity index (χ1) is 4.79. The van der Waals surface area contributed by atoms with Gasteiger partial charge in [0.05, 0.1) is 6.20 Å². The molecule has 0 bridgehead atoms. The number of hydrogen-bond acceptors (Lipinski definition) is 3. The van der Waals surface area contributed by atoms with Crippen LogP contribution in [-0.4, -0.2) is 10.8 Å². The second-order valence-corrected chi connectivity index (χ2v) is 2.13. The maximum absolute atomic E-state index is 10.5. The van der Waals surface area contributed by atoms with E-state index in [0.29, 0.717) is 18.7 Å². The second kappa shape index (κ2) is 3.15. The minimum absolute atomic E-state index is 0.165. The fraction of sp³-hybridized carbons (Fsp3) is 0.429. The quantitative estimate of drug-likeness (QED) is 0.631. The molecule has 1 heterocycles. The molecule has 54 valence electrons. The smallest absolute Gasteiger partial charge is 0.194 e. The Balaban J connectivity index is 2.35. The molecule has 0 unspecified atom stereocenters. The molecular formula is C7H9NO2. The third-order valence-corrected chi connectivity index (χ3v) is 1.17. The number of carbonyl (C=O) groups is 1. The van der Waals surface area contributed by atoms with Crippen LogP contribution in [-0.2, 0) is 11.2 Å². The zero-order valence-electron chi connectivity index (χ0n) is 5.83. The lowest BCUT2D eigenvalue weighted by Gasteiger charge is -1.88. The van der Waals surface area contributed by atoms with Crippen LogP contribution in [0, 0.1) is 0 Å². The van der Waals surface area contributed by atoms with E-state index in [4.69, 9.17) is 4.42 Å². The lowest BCUT2D eigenvalue weighted by atomic mass is 10.2. The molecular weight excluding hydrogens is 130 g/mol. The summed E-state index contributed by atoms with van der Waals surface area (Å²) in [6.45, 7) is 1.56. The van der Waals surface area contributed by atoms with Crippen LogP contribution >= 0.6 is 0 Å². The van der Waals surface area contributed by atoms with Gasteiger partial charge in [0, 0.05) is 12.8 Å². The molecule has 10 heavy (non-hydrogen) atoms. The highest BCUT2D eigenvalue weighted by Gasteiger charge is 1.98. The molecule has 0 N–H and O–H groups in total. The monoisotopic (exact) mass is 139 g/mol. The van der Waals surface area contributed by atoms with Gasteiger partial charge in [-0.2, -0.15) is 0 Å². The van der Waals surface area contributed by atoms with Gasteiger partial charge in [0.2, 0.25) is 0 Å². The van der Waals surface area contributed by atoms with E-state index in [1.165, 1.54) is 6.26 Å². The number of aryl methyl sites for hydroxylation is 1. The Kier molecular flexibility index (Phi) is 2.20. The zero-order chi connectivity index (χ0) is 7.40. The summed E-state index contributed by atoms with van der Waals surface area (Å²) < 4.78 is 4.92. The van der Waals surface area contributed by atoms with Crippen molar-refractivity contribution in [1.29, 1.82) is 0 Å². The Morgan fingerprint density at radius 2 is 2.60 bits per heavy atom. The van der Waals surface area contributed by atoms with E-state index < -0.39 is 0 Å². The van der Waals surface area contributed by atoms with E-state index in [1.807, 2.05) is 0 Å². The van der Waals surface area contributed by atoms with Gasteiger partial charge in [-0.3, -0.25) is 0 Å². The summed E-state index contributed by atoms with van der Waals surface area (Å²) in [5.74, 6) is 0.799. The number of carbonyl (C=O) groups excluding carboxylic acids is 1. The summed E-state index contributed by atoms with van der Waals surface area (Å²) in [5, 5.41) is 0. The van der Waals surface area contributed by atoms with Gasteiger partial charge in [-0.05, 0) is 6.92 Å². The summed E-state index contributed by atoms with van der Waals surface area (Å²) >= 11 is 0. The van der Waals surface area contributed by atoms with Gasteiger partial charge in [-0.15, -0.1) is 0 Å². The third-order valence-electron chi connectivity index (χ3n) is 1.17. The van der Waals surface area contributed by atoms with Crippen LogP contribution in [0.4, 0.5) is 0 Å². The number of rotatable bonds is 3. The molecule has 1 rings (SSSR count). The van der Waals surface area contributed by atoms with Crippen LogP contribution in [0.5, 0.6) is 0 Å². The number of aromatic nitrogens is 1. The molecule has 0 aliphatic rings. The first kappa shape index (κ1) is 6.99. The molecule has 3 heteroatoms. The number of hydrogen-bond donors (Lipinski definition) is 0. The number of nitrogens with zero attached hydrogens (tertiary/aromatic N) is 1. The maximum atomic E-state index is 10.5. The molecule has 3 nitrogen and oxygen atoms in total. The summed E-state index contributed by atoms with van der Waals surface area (Å²) in [4.78, 5) is 14.3. The Labute approximate surface area is 59.1 Å². The lowest BCUT2D eigenvalue weighted by molar-refractivity contribution is -0.117. The van der Waals surface area contributed by atoms with Crippen molar-refractivity contribution >= 4 is 5.78 Å². The summed E-state index contributed by atoms with van der Waals surface area (Å²) in [5.41, 5.74) is 0. The Morgan fingerprint density at radius 3 is 3.10 bits per heavy atom. The Bertz CT molecular complexity index is 203. The van der Waals surface area contributed by atoms with Crippen LogP contribution in [0.15, 0.2) is 16.9 Å².